The van der Waals surface area contributed by atoms with Gasteiger partial charge in [0.1, 0.15) is 5.41 Å². The highest BCUT2D eigenvalue weighted by molar-refractivity contribution is 6.05. The van der Waals surface area contributed by atoms with Crippen LogP contribution in [0.3, 0.4) is 0 Å². The maximum atomic E-state index is 11.9. The zero-order valence-corrected chi connectivity index (χ0v) is 8.16. The van der Waals surface area contributed by atoms with Crippen molar-refractivity contribution in [1.82, 2.24) is 4.90 Å². The summed E-state index contributed by atoms with van der Waals surface area (Å²) >= 11 is 0. The van der Waals surface area contributed by atoms with Crippen molar-refractivity contribution in [3.8, 4) is 0 Å². The second kappa shape index (κ2) is 3.26. The third-order valence-corrected chi connectivity index (χ3v) is 3.17. The largest absolute Gasteiger partial charge is 0.369 e. The smallest absolute Gasteiger partial charge is 0.238 e. The molecule has 0 spiro atoms. The number of nitrogens with zero attached hydrogens (tertiary/aromatic N) is 1. The third-order valence-electron chi connectivity index (χ3n) is 3.17. The Labute approximate surface area is 83.4 Å². The minimum atomic E-state index is -0.884. The van der Waals surface area contributed by atoms with Crippen molar-refractivity contribution in [1.29, 1.82) is 0 Å². The second-order valence-corrected chi connectivity index (χ2v) is 4.10. The van der Waals surface area contributed by atoms with Crippen molar-refractivity contribution in [3.05, 3.63) is 6.42 Å². The van der Waals surface area contributed by atoms with Gasteiger partial charge in [-0.1, -0.05) is 0 Å². The van der Waals surface area contributed by atoms with E-state index in [1.807, 2.05) is 0 Å². The highest BCUT2D eigenvalue weighted by Gasteiger charge is 2.49. The zero-order chi connectivity index (χ0) is 10.2. The number of amides is 2. The van der Waals surface area contributed by atoms with E-state index in [0.29, 0.717) is 12.8 Å². The average molecular weight is 195 g/mol. The molecule has 0 bridgehead atoms. The molecule has 1 radical (unpaired) electrons. The van der Waals surface area contributed by atoms with Gasteiger partial charge in [-0.2, -0.15) is 0 Å². The molecule has 4 nitrogen and oxygen atoms in total. The number of hydrogen-bond acceptors (Lipinski definition) is 2. The number of carbonyl (C=O) groups excluding carboxylic acids is 2. The Kier molecular flexibility index (Phi) is 2.21. The first kappa shape index (κ1) is 9.49. The molecule has 2 amide bonds. The van der Waals surface area contributed by atoms with Crippen LogP contribution in [0.5, 0.6) is 0 Å². The molecule has 2 rings (SSSR count). The quantitative estimate of drug-likeness (QED) is 0.501. The summed E-state index contributed by atoms with van der Waals surface area (Å²) in [6, 6.07) is 0. The molecule has 0 aromatic rings. The van der Waals surface area contributed by atoms with Crippen molar-refractivity contribution in [2.24, 2.45) is 11.1 Å². The molecule has 0 atom stereocenters. The molecule has 14 heavy (non-hydrogen) atoms. The number of nitrogens with two attached hydrogens (primary N) is 1. The summed E-state index contributed by atoms with van der Waals surface area (Å²) in [6.45, 7) is 1.58. The van der Waals surface area contributed by atoms with E-state index in [9.17, 15) is 9.59 Å². The molecule has 1 heterocycles. The Balaban J connectivity index is 2.19. The van der Waals surface area contributed by atoms with Crippen LogP contribution in [0.4, 0.5) is 0 Å². The van der Waals surface area contributed by atoms with Crippen LogP contribution in [0.2, 0.25) is 0 Å². The Morgan fingerprint density at radius 3 is 2.21 bits per heavy atom. The van der Waals surface area contributed by atoms with Crippen LogP contribution >= 0.6 is 0 Å². The average Bonchev–Trinajstić information content (AvgIpc) is 3.01. The van der Waals surface area contributed by atoms with E-state index in [-0.39, 0.29) is 5.91 Å². The topological polar surface area (TPSA) is 63.2 Å². The standard InChI is InChI=1S/C10H15N2O2/c11-8(13)10(4-2-1-3-5-10)9(14)12-6-7-12/h1H,2-7H2,(H2,11,13). The fourth-order valence-electron chi connectivity index (χ4n) is 2.09. The number of hydrogen-bond donors (Lipinski definition) is 1. The van der Waals surface area contributed by atoms with Crippen LogP contribution in [0.15, 0.2) is 0 Å². The van der Waals surface area contributed by atoms with Crippen molar-refractivity contribution >= 4 is 11.8 Å². The van der Waals surface area contributed by atoms with Gasteiger partial charge in [-0.05, 0) is 32.1 Å². The summed E-state index contributed by atoms with van der Waals surface area (Å²) in [4.78, 5) is 25.1. The van der Waals surface area contributed by atoms with E-state index < -0.39 is 11.3 Å². The van der Waals surface area contributed by atoms with Gasteiger partial charge in [0.25, 0.3) is 0 Å². The lowest BCUT2D eigenvalue weighted by Crippen LogP contribution is -2.48. The monoisotopic (exact) mass is 195 g/mol. The minimum absolute atomic E-state index is 0.0434. The lowest BCUT2D eigenvalue weighted by molar-refractivity contribution is -0.147. The number of rotatable bonds is 2. The molecular weight excluding hydrogens is 180 g/mol. The van der Waals surface area contributed by atoms with Crippen molar-refractivity contribution in [2.45, 2.75) is 25.7 Å². The molecule has 1 aliphatic carbocycles. The van der Waals surface area contributed by atoms with E-state index in [0.717, 1.165) is 25.9 Å². The first-order valence-corrected chi connectivity index (χ1v) is 5.08. The van der Waals surface area contributed by atoms with Crippen molar-refractivity contribution < 1.29 is 9.59 Å². The fourth-order valence-corrected chi connectivity index (χ4v) is 2.09. The second-order valence-electron chi connectivity index (χ2n) is 4.10. The number of primary amides is 1. The molecule has 0 unspecified atom stereocenters. The van der Waals surface area contributed by atoms with Crippen LogP contribution in [0.1, 0.15) is 25.7 Å². The van der Waals surface area contributed by atoms with Gasteiger partial charge >= 0.3 is 0 Å². The Bertz CT molecular complexity index is 265. The molecule has 1 aliphatic heterocycles. The molecule has 2 fully saturated rings. The Hall–Kier alpha value is -1.06. The summed E-state index contributed by atoms with van der Waals surface area (Å²) < 4.78 is 0. The molecule has 1 saturated carbocycles. The predicted molar refractivity (Wildman–Crippen MR) is 51.0 cm³/mol. The first-order valence-electron chi connectivity index (χ1n) is 5.08. The van der Waals surface area contributed by atoms with E-state index in [4.69, 9.17) is 5.73 Å². The van der Waals surface area contributed by atoms with Gasteiger partial charge in [-0.15, -0.1) is 0 Å². The Morgan fingerprint density at radius 2 is 1.79 bits per heavy atom. The Morgan fingerprint density at radius 1 is 1.21 bits per heavy atom. The van der Waals surface area contributed by atoms with Crippen LogP contribution in [-0.4, -0.2) is 29.8 Å². The van der Waals surface area contributed by atoms with Crippen LogP contribution < -0.4 is 5.73 Å². The summed E-state index contributed by atoms with van der Waals surface area (Å²) in [7, 11) is 0. The van der Waals surface area contributed by atoms with E-state index in [1.165, 1.54) is 0 Å². The summed E-state index contributed by atoms with van der Waals surface area (Å²) in [5, 5.41) is 0. The van der Waals surface area contributed by atoms with Gasteiger partial charge in [-0.25, -0.2) is 0 Å². The van der Waals surface area contributed by atoms with E-state index in [1.54, 1.807) is 4.90 Å². The van der Waals surface area contributed by atoms with Gasteiger partial charge < -0.3 is 10.6 Å². The van der Waals surface area contributed by atoms with Gasteiger partial charge in [0, 0.05) is 13.1 Å². The van der Waals surface area contributed by atoms with E-state index >= 15 is 0 Å². The van der Waals surface area contributed by atoms with E-state index in [2.05, 4.69) is 6.42 Å². The molecular formula is C10H15N2O2. The van der Waals surface area contributed by atoms with Gasteiger partial charge in [0.05, 0.1) is 0 Å². The van der Waals surface area contributed by atoms with Crippen LogP contribution in [0, 0.1) is 11.8 Å². The van der Waals surface area contributed by atoms with Crippen molar-refractivity contribution in [3.63, 3.8) is 0 Å². The van der Waals surface area contributed by atoms with Gasteiger partial charge in [0.15, 0.2) is 0 Å². The lowest BCUT2D eigenvalue weighted by Gasteiger charge is -2.32. The molecule has 1 saturated heterocycles. The highest BCUT2D eigenvalue weighted by Crippen LogP contribution is 2.38. The summed E-state index contributed by atoms with van der Waals surface area (Å²) in [5.41, 5.74) is 4.48. The molecule has 77 valence electrons. The van der Waals surface area contributed by atoms with Crippen molar-refractivity contribution in [2.75, 3.05) is 13.1 Å². The SMILES string of the molecule is NC(=O)C1(C(=O)N2CC2)CC[CH]CC1. The molecule has 2 aliphatic rings. The van der Waals surface area contributed by atoms with Gasteiger partial charge in [0.2, 0.25) is 11.8 Å². The minimum Gasteiger partial charge on any atom is -0.369 e. The molecule has 4 heteroatoms. The number of carbonyl (C=O) groups is 2. The molecule has 0 aromatic carbocycles. The molecule has 2 N–H and O–H groups in total. The normalized spacial score (nSPS) is 24.4. The third kappa shape index (κ3) is 1.38. The first-order chi connectivity index (χ1) is 6.67. The predicted octanol–water partition coefficient (Wildman–Crippen LogP) is 0.0786. The fraction of sp³-hybridized carbons (Fsp3) is 0.700. The summed E-state index contributed by atoms with van der Waals surface area (Å²) in [5.74, 6) is -0.486. The highest BCUT2D eigenvalue weighted by atomic mass is 16.2. The van der Waals surface area contributed by atoms with Crippen LogP contribution in [-0.2, 0) is 9.59 Å². The van der Waals surface area contributed by atoms with Gasteiger partial charge in [-0.3, -0.25) is 9.59 Å². The molecule has 0 aromatic heterocycles. The zero-order valence-electron chi connectivity index (χ0n) is 8.16. The lowest BCUT2D eigenvalue weighted by atomic mass is 9.72. The summed E-state index contributed by atoms with van der Waals surface area (Å²) in [6.07, 6.45) is 4.96. The maximum Gasteiger partial charge on any atom is 0.238 e. The van der Waals surface area contributed by atoms with Crippen LogP contribution in [0.25, 0.3) is 0 Å². The maximum absolute atomic E-state index is 11.9.